The van der Waals surface area contributed by atoms with Crippen LogP contribution in [0.3, 0.4) is 0 Å². The number of ether oxygens (including phenoxy) is 2. The first-order valence-electron chi connectivity index (χ1n) is 9.79. The molecular weight excluding hydrogens is 314 g/mol. The second kappa shape index (κ2) is 7.60. The number of likely N-dealkylation sites (N-methyl/N-ethyl adjacent to an activating group) is 1. The lowest BCUT2D eigenvalue weighted by Gasteiger charge is -2.59. The summed E-state index contributed by atoms with van der Waals surface area (Å²) in [6.45, 7) is 7.59. The molecule has 4 heterocycles. The van der Waals surface area contributed by atoms with Crippen molar-refractivity contribution in [1.29, 1.82) is 0 Å². The number of hydrogen-bond donors (Lipinski definition) is 0. The Labute approximate surface area is 151 Å². The number of pyridine rings is 1. The van der Waals surface area contributed by atoms with Gasteiger partial charge in [0.1, 0.15) is 0 Å². The van der Waals surface area contributed by atoms with Crippen LogP contribution >= 0.6 is 0 Å². The van der Waals surface area contributed by atoms with Gasteiger partial charge in [-0.15, -0.1) is 0 Å². The normalized spacial score (nSPS) is 28.0. The van der Waals surface area contributed by atoms with Gasteiger partial charge in [0.2, 0.25) is 5.88 Å². The van der Waals surface area contributed by atoms with Crippen LogP contribution in [0.1, 0.15) is 25.7 Å². The average molecular weight is 345 g/mol. The topological polar surface area (TPSA) is 37.8 Å². The first-order chi connectivity index (χ1) is 12.2. The van der Waals surface area contributed by atoms with E-state index in [2.05, 4.69) is 21.8 Å². The molecule has 5 nitrogen and oxygen atoms in total. The highest BCUT2D eigenvalue weighted by Gasteiger charge is 2.49. The summed E-state index contributed by atoms with van der Waals surface area (Å²) in [6.07, 6.45) is 6.75. The second-order valence-corrected chi connectivity index (χ2v) is 8.21. The highest BCUT2D eigenvalue weighted by Crippen LogP contribution is 2.39. The monoisotopic (exact) mass is 345 g/mol. The predicted molar refractivity (Wildman–Crippen MR) is 97.8 cm³/mol. The van der Waals surface area contributed by atoms with Crippen LogP contribution in [0.25, 0.3) is 0 Å². The summed E-state index contributed by atoms with van der Waals surface area (Å²) >= 11 is 0. The maximum atomic E-state index is 5.93. The second-order valence-electron chi connectivity index (χ2n) is 8.21. The molecule has 0 bridgehead atoms. The van der Waals surface area contributed by atoms with E-state index >= 15 is 0 Å². The van der Waals surface area contributed by atoms with Crippen molar-refractivity contribution in [2.75, 3.05) is 53.0 Å². The highest BCUT2D eigenvalue weighted by atomic mass is 16.5. The average Bonchev–Trinajstić information content (AvgIpc) is 2.63. The molecule has 3 aliphatic heterocycles. The smallest absolute Gasteiger partial charge is 0.213 e. The Balaban J connectivity index is 1.26. The zero-order valence-corrected chi connectivity index (χ0v) is 15.4. The number of piperidine rings is 1. The van der Waals surface area contributed by atoms with Gasteiger partial charge in [0.05, 0.1) is 6.61 Å². The fraction of sp³-hybridized carbons (Fsp3) is 0.750. The summed E-state index contributed by atoms with van der Waals surface area (Å²) in [4.78, 5) is 9.54. The number of aromatic nitrogens is 1. The molecule has 25 heavy (non-hydrogen) atoms. The van der Waals surface area contributed by atoms with E-state index in [1.165, 1.54) is 51.9 Å². The molecule has 0 radical (unpaired) electrons. The summed E-state index contributed by atoms with van der Waals surface area (Å²) in [5.74, 6) is 2.23. The van der Waals surface area contributed by atoms with Crippen LogP contribution in [0.2, 0.25) is 0 Å². The summed E-state index contributed by atoms with van der Waals surface area (Å²) in [6, 6.07) is 5.86. The van der Waals surface area contributed by atoms with Gasteiger partial charge >= 0.3 is 0 Å². The molecule has 0 amide bonds. The minimum Gasteiger partial charge on any atom is -0.477 e. The standard InChI is InChI=1S/C20H31N3O2/c1-22-9-5-18(14-25-19-4-2-3-8-21-19)12-20(22)15-23(16-20)13-17-6-10-24-11-7-17/h2-4,8,17-18H,5-7,9-16H2,1H3/t18-/m0/s1. The van der Waals surface area contributed by atoms with E-state index in [-0.39, 0.29) is 0 Å². The highest BCUT2D eigenvalue weighted by molar-refractivity contribution is 5.10. The molecular formula is C20H31N3O2. The third-order valence-electron chi connectivity index (χ3n) is 6.35. The molecule has 1 spiro atoms. The van der Waals surface area contributed by atoms with Crippen molar-refractivity contribution in [1.82, 2.24) is 14.8 Å². The molecule has 3 saturated heterocycles. The Morgan fingerprint density at radius 3 is 2.80 bits per heavy atom. The first-order valence-corrected chi connectivity index (χ1v) is 9.79. The number of nitrogens with zero attached hydrogens (tertiary/aromatic N) is 3. The third-order valence-corrected chi connectivity index (χ3v) is 6.35. The van der Waals surface area contributed by atoms with Gasteiger partial charge in [0, 0.05) is 50.7 Å². The third kappa shape index (κ3) is 3.99. The SMILES string of the molecule is CN1CC[C@H](COc2ccccn2)CC12CN(CC1CCOCC1)C2. The van der Waals surface area contributed by atoms with Crippen molar-refractivity contribution in [3.05, 3.63) is 24.4 Å². The molecule has 3 fully saturated rings. The maximum absolute atomic E-state index is 5.93. The molecule has 4 rings (SSSR count). The first kappa shape index (κ1) is 17.3. The Bertz CT molecular complexity index is 541. The number of likely N-dealkylation sites (tertiary alicyclic amines) is 2. The van der Waals surface area contributed by atoms with Crippen molar-refractivity contribution in [3.8, 4) is 5.88 Å². The Morgan fingerprint density at radius 1 is 1.20 bits per heavy atom. The molecule has 0 saturated carbocycles. The van der Waals surface area contributed by atoms with E-state index in [4.69, 9.17) is 9.47 Å². The fourth-order valence-corrected chi connectivity index (χ4v) is 4.77. The van der Waals surface area contributed by atoms with Crippen molar-refractivity contribution >= 4 is 0 Å². The zero-order valence-electron chi connectivity index (χ0n) is 15.4. The van der Waals surface area contributed by atoms with Crippen LogP contribution in [-0.2, 0) is 4.74 Å². The van der Waals surface area contributed by atoms with Crippen molar-refractivity contribution in [2.24, 2.45) is 11.8 Å². The molecule has 0 unspecified atom stereocenters. The molecule has 1 aromatic rings. The van der Waals surface area contributed by atoms with Crippen LogP contribution in [-0.4, -0.2) is 73.4 Å². The lowest BCUT2D eigenvalue weighted by molar-refractivity contribution is -0.0928. The van der Waals surface area contributed by atoms with Gasteiger partial charge in [-0.25, -0.2) is 4.98 Å². The maximum Gasteiger partial charge on any atom is 0.213 e. The van der Waals surface area contributed by atoms with Gasteiger partial charge in [-0.1, -0.05) is 6.07 Å². The van der Waals surface area contributed by atoms with E-state index < -0.39 is 0 Å². The summed E-state index contributed by atoms with van der Waals surface area (Å²) in [5.41, 5.74) is 0.377. The van der Waals surface area contributed by atoms with Gasteiger partial charge in [-0.3, -0.25) is 9.80 Å². The van der Waals surface area contributed by atoms with Crippen LogP contribution in [0.4, 0.5) is 0 Å². The molecule has 0 aromatic carbocycles. The Morgan fingerprint density at radius 2 is 2.04 bits per heavy atom. The van der Waals surface area contributed by atoms with E-state index in [0.717, 1.165) is 31.6 Å². The summed E-state index contributed by atoms with van der Waals surface area (Å²) in [5, 5.41) is 0. The summed E-state index contributed by atoms with van der Waals surface area (Å²) < 4.78 is 11.4. The molecule has 1 aromatic heterocycles. The van der Waals surface area contributed by atoms with E-state index in [1.807, 2.05) is 18.2 Å². The van der Waals surface area contributed by atoms with Gasteiger partial charge in [-0.2, -0.15) is 0 Å². The van der Waals surface area contributed by atoms with Crippen molar-refractivity contribution < 1.29 is 9.47 Å². The number of rotatable bonds is 5. The van der Waals surface area contributed by atoms with Gasteiger partial charge in [0.15, 0.2) is 0 Å². The van der Waals surface area contributed by atoms with E-state index in [0.29, 0.717) is 11.5 Å². The number of hydrogen-bond acceptors (Lipinski definition) is 5. The van der Waals surface area contributed by atoms with Crippen molar-refractivity contribution in [2.45, 2.75) is 31.2 Å². The molecule has 5 heteroatoms. The minimum absolute atomic E-state index is 0.377. The van der Waals surface area contributed by atoms with Gasteiger partial charge in [0.25, 0.3) is 0 Å². The largest absolute Gasteiger partial charge is 0.477 e. The Hall–Kier alpha value is -1.17. The zero-order chi connectivity index (χ0) is 17.1. The predicted octanol–water partition coefficient (Wildman–Crippen LogP) is 2.28. The van der Waals surface area contributed by atoms with E-state index in [9.17, 15) is 0 Å². The molecule has 138 valence electrons. The minimum atomic E-state index is 0.377. The lowest BCUT2D eigenvalue weighted by Crippen LogP contribution is -2.72. The lowest BCUT2D eigenvalue weighted by atomic mass is 9.75. The van der Waals surface area contributed by atoms with Crippen LogP contribution < -0.4 is 4.74 Å². The van der Waals surface area contributed by atoms with Crippen LogP contribution in [0.15, 0.2) is 24.4 Å². The quantitative estimate of drug-likeness (QED) is 0.818. The summed E-state index contributed by atoms with van der Waals surface area (Å²) in [7, 11) is 2.31. The van der Waals surface area contributed by atoms with Crippen LogP contribution in [0, 0.1) is 11.8 Å². The van der Waals surface area contributed by atoms with Crippen LogP contribution in [0.5, 0.6) is 5.88 Å². The molecule has 3 aliphatic rings. The fourth-order valence-electron chi connectivity index (χ4n) is 4.77. The van der Waals surface area contributed by atoms with Gasteiger partial charge < -0.3 is 9.47 Å². The van der Waals surface area contributed by atoms with E-state index in [1.54, 1.807) is 6.20 Å². The Kier molecular flexibility index (Phi) is 5.25. The molecule has 1 atom stereocenters. The van der Waals surface area contributed by atoms with Crippen molar-refractivity contribution in [3.63, 3.8) is 0 Å². The van der Waals surface area contributed by atoms with Gasteiger partial charge in [-0.05, 0) is 57.2 Å². The molecule has 0 N–H and O–H groups in total. The molecule has 0 aliphatic carbocycles.